The van der Waals surface area contributed by atoms with Gasteiger partial charge in [0.25, 0.3) is 11.8 Å². The first kappa shape index (κ1) is 22.0. The van der Waals surface area contributed by atoms with Crippen LogP contribution in [-0.4, -0.2) is 57.8 Å². The zero-order valence-electron chi connectivity index (χ0n) is 19.2. The summed E-state index contributed by atoms with van der Waals surface area (Å²) in [4.78, 5) is 42.1. The summed E-state index contributed by atoms with van der Waals surface area (Å²) in [6.45, 7) is 1.82. The molecule has 1 aliphatic carbocycles. The van der Waals surface area contributed by atoms with Crippen molar-refractivity contribution in [3.05, 3.63) is 83.7 Å². The molecule has 1 atom stereocenters. The maximum atomic E-state index is 13.3. The Morgan fingerprint density at radius 2 is 1.71 bits per heavy atom. The van der Waals surface area contributed by atoms with Gasteiger partial charge in [-0.1, -0.05) is 6.07 Å². The number of fused-ring (bicyclic) bond motifs is 1. The first-order valence-electron chi connectivity index (χ1n) is 11.7. The molecule has 3 heterocycles. The van der Waals surface area contributed by atoms with E-state index in [1.54, 1.807) is 0 Å². The van der Waals surface area contributed by atoms with Gasteiger partial charge in [0.05, 0.1) is 11.6 Å². The largest absolute Gasteiger partial charge is 0.371 e. The Hall–Kier alpha value is -3.81. The third kappa shape index (κ3) is 4.48. The number of pyridine rings is 1. The predicted molar refractivity (Wildman–Crippen MR) is 129 cm³/mol. The molecule has 1 unspecified atom stereocenters. The quantitative estimate of drug-likeness (QED) is 0.635. The Labute approximate surface area is 199 Å². The van der Waals surface area contributed by atoms with E-state index in [4.69, 9.17) is 0 Å². The van der Waals surface area contributed by atoms with E-state index in [1.165, 1.54) is 30.0 Å². The molecule has 1 aromatic carbocycles. The molecule has 2 aromatic heterocycles. The Bertz CT molecular complexity index is 1160. The highest BCUT2D eigenvalue weighted by Crippen LogP contribution is 2.33. The van der Waals surface area contributed by atoms with Gasteiger partial charge in [-0.15, -0.1) is 0 Å². The number of nitrogens with zero attached hydrogens (tertiary/aromatic N) is 5. The molecule has 2 aliphatic rings. The summed E-state index contributed by atoms with van der Waals surface area (Å²) in [5.74, 6) is -0.174. The minimum Gasteiger partial charge on any atom is -0.371 e. The summed E-state index contributed by atoms with van der Waals surface area (Å²) >= 11 is 0. The fourth-order valence-corrected chi connectivity index (χ4v) is 4.98. The van der Waals surface area contributed by atoms with Gasteiger partial charge in [0.1, 0.15) is 6.33 Å². The molecule has 8 heteroatoms. The van der Waals surface area contributed by atoms with Gasteiger partial charge in [0.15, 0.2) is 0 Å². The van der Waals surface area contributed by atoms with Crippen LogP contribution in [0.1, 0.15) is 57.1 Å². The fraction of sp³-hybridized carbons (Fsp3) is 0.346. The van der Waals surface area contributed by atoms with Gasteiger partial charge in [-0.2, -0.15) is 0 Å². The highest BCUT2D eigenvalue weighted by molar-refractivity contribution is 5.95. The number of carbonyl (C=O) groups is 2. The van der Waals surface area contributed by atoms with Gasteiger partial charge in [-0.05, 0) is 61.1 Å². The molecule has 1 N–H and O–H groups in total. The first-order chi connectivity index (χ1) is 16.6. The van der Waals surface area contributed by atoms with Crippen molar-refractivity contribution in [2.24, 2.45) is 0 Å². The number of nitrogens with one attached hydrogen (secondary N) is 1. The van der Waals surface area contributed by atoms with Crippen LogP contribution in [0, 0.1) is 0 Å². The summed E-state index contributed by atoms with van der Waals surface area (Å²) in [5.41, 5.74) is 4.48. The second kappa shape index (κ2) is 9.59. The van der Waals surface area contributed by atoms with E-state index < -0.39 is 0 Å². The number of aryl methyl sites for hydroxylation is 1. The molecule has 0 saturated carbocycles. The highest BCUT2D eigenvalue weighted by Gasteiger charge is 2.29. The number of rotatable bonds is 5. The van der Waals surface area contributed by atoms with Crippen molar-refractivity contribution in [1.29, 1.82) is 0 Å². The molecule has 0 spiro atoms. The average molecular weight is 457 g/mol. The van der Waals surface area contributed by atoms with Crippen LogP contribution < -0.4 is 10.2 Å². The lowest BCUT2D eigenvalue weighted by Crippen LogP contribution is -2.45. The van der Waals surface area contributed by atoms with Crippen LogP contribution in [0.15, 0.2) is 61.4 Å². The molecule has 5 rings (SSSR count). The summed E-state index contributed by atoms with van der Waals surface area (Å²) in [5, 5.41) is 3.08. The van der Waals surface area contributed by atoms with Crippen molar-refractivity contribution in [2.75, 3.05) is 25.0 Å². The van der Waals surface area contributed by atoms with Gasteiger partial charge in [-0.25, -0.2) is 9.97 Å². The first-order valence-corrected chi connectivity index (χ1v) is 11.7. The normalized spacial score (nSPS) is 17.8. The van der Waals surface area contributed by atoms with E-state index in [1.807, 2.05) is 54.7 Å². The lowest BCUT2D eigenvalue weighted by molar-refractivity contribution is 0.0709. The van der Waals surface area contributed by atoms with Gasteiger partial charge in [0, 0.05) is 62.2 Å². The molecular weight excluding hydrogens is 428 g/mol. The molecule has 174 valence electrons. The number of aromatic nitrogens is 3. The summed E-state index contributed by atoms with van der Waals surface area (Å²) in [7, 11) is 1.90. The molecule has 0 bridgehead atoms. The fourth-order valence-electron chi connectivity index (χ4n) is 4.98. The lowest BCUT2D eigenvalue weighted by atomic mass is 10.00. The minimum absolute atomic E-state index is 0.0265. The van der Waals surface area contributed by atoms with E-state index in [0.29, 0.717) is 11.1 Å². The van der Waals surface area contributed by atoms with E-state index >= 15 is 0 Å². The molecule has 2 amide bonds. The van der Waals surface area contributed by atoms with Crippen molar-refractivity contribution in [3.8, 4) is 0 Å². The highest BCUT2D eigenvalue weighted by atomic mass is 16.2. The number of carbonyl (C=O) groups excluding carboxylic acids is 2. The Morgan fingerprint density at radius 3 is 2.44 bits per heavy atom. The van der Waals surface area contributed by atoms with E-state index in [0.717, 1.165) is 44.3 Å². The van der Waals surface area contributed by atoms with E-state index in [-0.39, 0.29) is 23.9 Å². The molecule has 0 radical (unpaired) electrons. The third-order valence-corrected chi connectivity index (χ3v) is 6.96. The van der Waals surface area contributed by atoms with E-state index in [9.17, 15) is 9.59 Å². The number of piperidine rings is 1. The summed E-state index contributed by atoms with van der Waals surface area (Å²) in [6, 6.07) is 10.0. The van der Waals surface area contributed by atoms with Crippen LogP contribution in [0.2, 0.25) is 0 Å². The Balaban J connectivity index is 1.24. The summed E-state index contributed by atoms with van der Waals surface area (Å²) < 4.78 is 0. The van der Waals surface area contributed by atoms with E-state index in [2.05, 4.69) is 25.2 Å². The van der Waals surface area contributed by atoms with Crippen molar-refractivity contribution < 1.29 is 9.59 Å². The van der Waals surface area contributed by atoms with Crippen LogP contribution in [0.3, 0.4) is 0 Å². The van der Waals surface area contributed by atoms with Gasteiger partial charge in [-0.3, -0.25) is 14.6 Å². The molecule has 8 nitrogen and oxygen atoms in total. The molecule has 1 fully saturated rings. The Morgan fingerprint density at radius 1 is 0.971 bits per heavy atom. The summed E-state index contributed by atoms with van der Waals surface area (Å²) in [6.07, 6.45) is 11.6. The number of hydrogen-bond acceptors (Lipinski definition) is 6. The van der Waals surface area contributed by atoms with Crippen LogP contribution >= 0.6 is 0 Å². The smallest absolute Gasteiger partial charge is 0.254 e. The molecule has 3 aromatic rings. The molecule has 1 saturated heterocycles. The van der Waals surface area contributed by atoms with Gasteiger partial charge >= 0.3 is 0 Å². The number of anilines is 1. The second-order valence-electron chi connectivity index (χ2n) is 8.95. The SMILES string of the molecule is CN(C(=O)c1ccc2c(c1)C(NC(=O)c1cncnc1)CC2)C1CCN(c2ccncc2)CC1. The monoisotopic (exact) mass is 456 g/mol. The molecule has 34 heavy (non-hydrogen) atoms. The van der Waals surface area contributed by atoms with Crippen LogP contribution in [-0.2, 0) is 6.42 Å². The zero-order valence-corrected chi connectivity index (χ0v) is 19.2. The van der Waals surface area contributed by atoms with Gasteiger partial charge < -0.3 is 15.1 Å². The van der Waals surface area contributed by atoms with Crippen molar-refractivity contribution in [3.63, 3.8) is 0 Å². The lowest BCUT2D eigenvalue weighted by Gasteiger charge is -2.38. The number of hydrogen-bond donors (Lipinski definition) is 1. The molecule has 1 aliphatic heterocycles. The van der Waals surface area contributed by atoms with Crippen LogP contribution in [0.5, 0.6) is 0 Å². The maximum absolute atomic E-state index is 13.3. The van der Waals surface area contributed by atoms with Crippen molar-refractivity contribution >= 4 is 17.5 Å². The zero-order chi connectivity index (χ0) is 23.5. The topological polar surface area (TPSA) is 91.3 Å². The number of amides is 2. The van der Waals surface area contributed by atoms with Crippen molar-refractivity contribution in [2.45, 2.75) is 37.8 Å². The van der Waals surface area contributed by atoms with Crippen LogP contribution in [0.4, 0.5) is 5.69 Å². The molecular formula is C26H28N6O2. The van der Waals surface area contributed by atoms with Crippen molar-refractivity contribution in [1.82, 2.24) is 25.2 Å². The standard InChI is InChI=1S/C26H28N6O2/c1-31(21-8-12-32(13-9-21)22-6-10-27-11-7-22)26(34)19-3-2-18-4-5-24(23(18)14-19)30-25(33)20-15-28-17-29-16-20/h2-3,6-7,10-11,14-17,21,24H,4-5,8-9,12-13H2,1H3,(H,30,33). The maximum Gasteiger partial charge on any atom is 0.254 e. The number of benzene rings is 1. The predicted octanol–water partition coefficient (Wildman–Crippen LogP) is 3.03. The Kier molecular flexibility index (Phi) is 6.20. The average Bonchev–Trinajstić information content (AvgIpc) is 3.30. The second-order valence-corrected chi connectivity index (χ2v) is 8.95. The van der Waals surface area contributed by atoms with Gasteiger partial charge in [0.2, 0.25) is 0 Å². The third-order valence-electron chi connectivity index (χ3n) is 6.96. The minimum atomic E-state index is -0.201. The van der Waals surface area contributed by atoms with Crippen LogP contribution in [0.25, 0.3) is 0 Å².